The van der Waals surface area contributed by atoms with Crippen LogP contribution in [0, 0.1) is 0 Å². The number of aromatic nitrogens is 1. The highest BCUT2D eigenvalue weighted by Crippen LogP contribution is 2.46. The van der Waals surface area contributed by atoms with Crippen molar-refractivity contribution in [3.8, 4) is 39.1 Å². The predicted molar refractivity (Wildman–Crippen MR) is 270 cm³/mol. The molecule has 0 saturated carbocycles. The normalized spacial score (nSPS) is 12.8. The highest BCUT2D eigenvalue weighted by Gasteiger charge is 2.24. The molecule has 63 heavy (non-hydrogen) atoms. The summed E-state index contributed by atoms with van der Waals surface area (Å²) in [5, 5.41) is 5.11. The van der Waals surface area contributed by atoms with E-state index in [1.54, 1.807) is 0 Å². The lowest BCUT2D eigenvalue weighted by molar-refractivity contribution is 0.931. The van der Waals surface area contributed by atoms with Crippen LogP contribution in [0.1, 0.15) is 18.4 Å². The molecule has 0 N–H and O–H groups in total. The first-order valence-corrected chi connectivity index (χ1v) is 22.6. The number of fused-ring (bicyclic) bond motifs is 6. The minimum atomic E-state index is 0.908. The molecule has 0 atom stereocenters. The van der Waals surface area contributed by atoms with Crippen LogP contribution in [0.4, 0.5) is 11.4 Å². The Morgan fingerprint density at radius 3 is 1.76 bits per heavy atom. The van der Waals surface area contributed by atoms with E-state index in [1.165, 1.54) is 92.2 Å². The van der Waals surface area contributed by atoms with Gasteiger partial charge in [-0.25, -0.2) is 0 Å². The maximum Gasteiger partial charge on any atom is 0.0541 e. The third-order valence-corrected chi connectivity index (χ3v) is 13.9. The largest absolute Gasteiger partial charge is 0.314 e. The van der Waals surface area contributed by atoms with Crippen molar-refractivity contribution >= 4 is 70.3 Å². The number of hydrogen-bond donors (Lipinski definition) is 0. The summed E-state index contributed by atoms with van der Waals surface area (Å²) in [5.41, 5.74) is 16.9. The molecule has 298 valence electrons. The average molecular weight is 823 g/mol. The lowest BCUT2D eigenvalue weighted by Gasteiger charge is -2.32. The summed E-state index contributed by atoms with van der Waals surface area (Å²) in [6, 6.07) is 80.1. The third-order valence-electron chi connectivity index (χ3n) is 12.7. The van der Waals surface area contributed by atoms with Gasteiger partial charge in [-0.2, -0.15) is 0 Å². The number of allylic oxidation sites excluding steroid dienone is 4. The van der Waals surface area contributed by atoms with Crippen molar-refractivity contribution in [3.05, 3.63) is 242 Å². The van der Waals surface area contributed by atoms with E-state index in [4.69, 9.17) is 0 Å². The molecule has 0 bridgehead atoms. The zero-order chi connectivity index (χ0) is 41.7. The highest BCUT2D eigenvalue weighted by atomic mass is 32.1. The molecule has 3 heteroatoms. The highest BCUT2D eigenvalue weighted by molar-refractivity contribution is 7.25. The van der Waals surface area contributed by atoms with Crippen molar-refractivity contribution < 1.29 is 0 Å². The Morgan fingerprint density at radius 1 is 0.381 bits per heavy atom. The van der Waals surface area contributed by atoms with Crippen LogP contribution >= 0.6 is 11.3 Å². The number of nitrogens with zero attached hydrogens (tertiary/aromatic N) is 2. The summed E-state index contributed by atoms with van der Waals surface area (Å²) in [6.45, 7) is 0. The Hall–Kier alpha value is -7.72. The van der Waals surface area contributed by atoms with E-state index in [0.717, 1.165) is 29.9 Å². The monoisotopic (exact) mass is 822 g/mol. The van der Waals surface area contributed by atoms with Crippen molar-refractivity contribution in [3.63, 3.8) is 0 Å². The molecule has 9 aromatic carbocycles. The van der Waals surface area contributed by atoms with Gasteiger partial charge in [-0.05, 0) is 113 Å². The van der Waals surface area contributed by atoms with Crippen LogP contribution in [0.25, 0.3) is 86.6 Å². The van der Waals surface area contributed by atoms with Crippen LogP contribution in [-0.4, -0.2) is 4.57 Å². The smallest absolute Gasteiger partial charge is 0.0541 e. The van der Waals surface area contributed by atoms with Crippen molar-refractivity contribution in [1.82, 2.24) is 4.57 Å². The zero-order valence-electron chi connectivity index (χ0n) is 34.7. The zero-order valence-corrected chi connectivity index (χ0v) is 35.5. The van der Waals surface area contributed by atoms with Crippen molar-refractivity contribution in [2.45, 2.75) is 12.8 Å². The van der Waals surface area contributed by atoms with E-state index in [2.05, 4.69) is 240 Å². The molecule has 0 aliphatic heterocycles. The fourth-order valence-corrected chi connectivity index (χ4v) is 10.8. The maximum absolute atomic E-state index is 2.54. The van der Waals surface area contributed by atoms with Gasteiger partial charge in [0.15, 0.2) is 0 Å². The van der Waals surface area contributed by atoms with E-state index in [9.17, 15) is 0 Å². The number of rotatable bonds is 8. The SMILES string of the molecule is C1=C(c2ccccc2)CCC(N(c2ccc3sc4ccccc4c3c2)c2ccc(-c3ccccc3-n3c4ccccc4c4ccccc43)cc2-c2cccc(-c3ccccc3)c2)=C1. The molecule has 0 radical (unpaired) electrons. The van der Waals surface area contributed by atoms with Crippen molar-refractivity contribution in [2.75, 3.05) is 4.90 Å². The van der Waals surface area contributed by atoms with Gasteiger partial charge < -0.3 is 9.47 Å². The molecule has 12 rings (SSSR count). The standard InChI is InChI=1S/C60H42N2S/c1-3-16-41(17-4-1)43-30-33-47(34-31-43)61(48-35-37-60-54(40-48)52-25-10-14-29-59(52)63-60)58-36-32-46(39-53(58)45-21-15-20-44(38-45)42-18-5-2-6-19-42)49-22-7-11-26-55(49)62-56-27-12-8-23-50(56)51-24-9-13-28-57(51)62/h1-30,32-33,35-40H,31,34H2. The average Bonchev–Trinajstić information content (AvgIpc) is 3.90. The number of benzene rings is 9. The van der Waals surface area contributed by atoms with E-state index in [1.807, 2.05) is 11.3 Å². The minimum Gasteiger partial charge on any atom is -0.314 e. The van der Waals surface area contributed by atoms with Crippen molar-refractivity contribution in [1.29, 1.82) is 0 Å². The fraction of sp³-hybridized carbons (Fsp3) is 0.0333. The van der Waals surface area contributed by atoms with Gasteiger partial charge in [0.05, 0.1) is 22.4 Å². The van der Waals surface area contributed by atoms with Crippen LogP contribution in [-0.2, 0) is 0 Å². The Bertz CT molecular complexity index is 3520. The quantitative estimate of drug-likeness (QED) is 0.148. The Kier molecular flexibility index (Phi) is 9.20. The molecular formula is C60H42N2S. The molecular weight excluding hydrogens is 781 g/mol. The summed E-state index contributed by atoms with van der Waals surface area (Å²) in [6.07, 6.45) is 6.56. The lowest BCUT2D eigenvalue weighted by Crippen LogP contribution is -2.19. The molecule has 0 amide bonds. The van der Waals surface area contributed by atoms with E-state index >= 15 is 0 Å². The first kappa shape index (κ1) is 37.1. The van der Waals surface area contributed by atoms with Crippen molar-refractivity contribution in [2.24, 2.45) is 0 Å². The minimum absolute atomic E-state index is 0.908. The lowest BCUT2D eigenvalue weighted by atomic mass is 9.92. The van der Waals surface area contributed by atoms with Crippen LogP contribution < -0.4 is 4.90 Å². The molecule has 1 aliphatic carbocycles. The Labute approximate surface area is 371 Å². The summed E-state index contributed by atoms with van der Waals surface area (Å²) >= 11 is 1.87. The van der Waals surface area contributed by atoms with Gasteiger partial charge in [-0.1, -0.05) is 164 Å². The van der Waals surface area contributed by atoms with Gasteiger partial charge in [0.2, 0.25) is 0 Å². The van der Waals surface area contributed by atoms with E-state index in [0.29, 0.717) is 0 Å². The van der Waals surface area contributed by atoms with Gasteiger partial charge >= 0.3 is 0 Å². The molecule has 0 spiro atoms. The second-order valence-corrected chi connectivity index (χ2v) is 17.5. The van der Waals surface area contributed by atoms with Gasteiger partial charge in [0.1, 0.15) is 0 Å². The fourth-order valence-electron chi connectivity index (χ4n) is 9.74. The van der Waals surface area contributed by atoms with Gasteiger partial charge in [-0.15, -0.1) is 11.3 Å². The van der Waals surface area contributed by atoms with Gasteiger partial charge in [-0.3, -0.25) is 0 Å². The number of anilines is 2. The van der Waals surface area contributed by atoms with Crippen LogP contribution in [0.15, 0.2) is 236 Å². The molecule has 0 fully saturated rings. The van der Waals surface area contributed by atoms with E-state index < -0.39 is 0 Å². The number of para-hydroxylation sites is 3. The molecule has 1 aliphatic rings. The second-order valence-electron chi connectivity index (χ2n) is 16.4. The summed E-state index contributed by atoms with van der Waals surface area (Å²) in [7, 11) is 0. The molecule has 2 aromatic heterocycles. The Balaban J connectivity index is 1.10. The van der Waals surface area contributed by atoms with E-state index in [-0.39, 0.29) is 0 Å². The first-order valence-electron chi connectivity index (χ1n) is 21.8. The molecule has 2 nitrogen and oxygen atoms in total. The third kappa shape index (κ3) is 6.57. The molecule has 0 unspecified atom stereocenters. The molecule has 11 aromatic rings. The topological polar surface area (TPSA) is 8.17 Å². The van der Waals surface area contributed by atoms with Gasteiger partial charge in [0, 0.05) is 53.5 Å². The van der Waals surface area contributed by atoms with Crippen LogP contribution in [0.5, 0.6) is 0 Å². The van der Waals surface area contributed by atoms with Crippen LogP contribution in [0.3, 0.4) is 0 Å². The number of hydrogen-bond acceptors (Lipinski definition) is 2. The summed E-state index contributed by atoms with van der Waals surface area (Å²) in [4.78, 5) is 2.54. The maximum atomic E-state index is 2.54. The Morgan fingerprint density at radius 2 is 1.00 bits per heavy atom. The first-order chi connectivity index (χ1) is 31.2. The second kappa shape index (κ2) is 15.6. The molecule has 0 saturated heterocycles. The molecule has 2 heterocycles. The van der Waals surface area contributed by atoms with Gasteiger partial charge in [0.25, 0.3) is 0 Å². The van der Waals surface area contributed by atoms with Crippen LogP contribution in [0.2, 0.25) is 0 Å². The predicted octanol–water partition coefficient (Wildman–Crippen LogP) is 17.1. The number of thiophene rings is 1. The summed E-state index contributed by atoms with van der Waals surface area (Å²) < 4.78 is 5.06. The summed E-state index contributed by atoms with van der Waals surface area (Å²) in [5.74, 6) is 0.